The van der Waals surface area contributed by atoms with Crippen LogP contribution in [0.2, 0.25) is 0 Å². The van der Waals surface area contributed by atoms with Crippen LogP contribution < -0.4 is 0 Å². The molecule has 1 rings (SSSR count). The van der Waals surface area contributed by atoms with Crippen molar-refractivity contribution < 1.29 is 4.74 Å². The highest BCUT2D eigenvalue weighted by molar-refractivity contribution is 6.29. The predicted molar refractivity (Wildman–Crippen MR) is 99.7 cm³/mol. The van der Waals surface area contributed by atoms with Crippen molar-refractivity contribution >= 4 is 11.6 Å². The van der Waals surface area contributed by atoms with Gasteiger partial charge in [0.25, 0.3) is 0 Å². The third kappa shape index (κ3) is 9.86. The number of nitrogens with zero attached hydrogens (tertiary/aromatic N) is 1. The molecule has 0 aliphatic carbocycles. The van der Waals surface area contributed by atoms with Crippen molar-refractivity contribution in [3.63, 3.8) is 0 Å². The van der Waals surface area contributed by atoms with E-state index >= 15 is 0 Å². The summed E-state index contributed by atoms with van der Waals surface area (Å²) in [7, 11) is 1.77. The summed E-state index contributed by atoms with van der Waals surface area (Å²) < 4.78 is 5.01. The second-order valence-corrected chi connectivity index (χ2v) is 7.17. The summed E-state index contributed by atoms with van der Waals surface area (Å²) in [6, 6.07) is 0. The van der Waals surface area contributed by atoms with Gasteiger partial charge in [-0.2, -0.15) is 0 Å². The summed E-state index contributed by atoms with van der Waals surface area (Å²) in [5.74, 6) is 0. The van der Waals surface area contributed by atoms with Crippen molar-refractivity contribution in [3.05, 3.63) is 11.6 Å². The fourth-order valence-corrected chi connectivity index (χ4v) is 3.30. The Morgan fingerprint density at radius 3 is 2.09 bits per heavy atom. The SMILES string of the molecule is C=C(Cl)C(C)(CCC)CCC.COCCCN1CCCCC1. The standard InChI is InChI=1S/C10H19Cl.C9H19NO/c1-5-7-10(4,8-6-2)9(3)11;1-11-9-5-8-10-6-3-2-4-7-10/h3,5-8H2,1-2,4H3;2-9H2,1H3. The number of hydrogen-bond donors (Lipinski definition) is 0. The molecule has 0 aromatic rings. The topological polar surface area (TPSA) is 12.5 Å². The third-order valence-corrected chi connectivity index (χ3v) is 4.99. The molecule has 0 spiro atoms. The molecule has 1 fully saturated rings. The van der Waals surface area contributed by atoms with Crippen molar-refractivity contribution in [1.82, 2.24) is 4.90 Å². The largest absolute Gasteiger partial charge is 0.385 e. The first-order chi connectivity index (χ1) is 10.5. The summed E-state index contributed by atoms with van der Waals surface area (Å²) in [5.41, 5.74) is 0.172. The van der Waals surface area contributed by atoms with Crippen LogP contribution in [-0.4, -0.2) is 38.3 Å². The predicted octanol–water partition coefficient (Wildman–Crippen LogP) is 5.85. The van der Waals surface area contributed by atoms with Gasteiger partial charge in [-0.05, 0) is 45.2 Å². The first-order valence-corrected chi connectivity index (χ1v) is 9.44. The van der Waals surface area contributed by atoms with Crippen molar-refractivity contribution in [3.8, 4) is 0 Å². The molecule has 0 aromatic carbocycles. The number of methoxy groups -OCH3 is 1. The fraction of sp³-hybridized carbons (Fsp3) is 0.895. The van der Waals surface area contributed by atoms with Crippen LogP contribution in [0.1, 0.15) is 72.1 Å². The quantitative estimate of drug-likeness (QED) is 0.491. The van der Waals surface area contributed by atoms with Gasteiger partial charge in [-0.3, -0.25) is 0 Å². The molecule has 1 saturated heterocycles. The van der Waals surface area contributed by atoms with Crippen LogP contribution in [0.5, 0.6) is 0 Å². The van der Waals surface area contributed by atoms with Gasteiger partial charge in [0.1, 0.15) is 0 Å². The molecular formula is C19H38ClNO. The van der Waals surface area contributed by atoms with Crippen LogP contribution in [0.15, 0.2) is 11.6 Å². The summed E-state index contributed by atoms with van der Waals surface area (Å²) in [6.07, 6.45) is 10.1. The van der Waals surface area contributed by atoms with Crippen LogP contribution in [-0.2, 0) is 4.74 Å². The highest BCUT2D eigenvalue weighted by Crippen LogP contribution is 2.38. The van der Waals surface area contributed by atoms with E-state index in [1.165, 1.54) is 58.2 Å². The van der Waals surface area contributed by atoms with E-state index in [0.717, 1.165) is 24.5 Å². The Bertz CT molecular complexity index is 269. The number of likely N-dealkylation sites (tertiary alicyclic amines) is 1. The van der Waals surface area contributed by atoms with Crippen molar-refractivity contribution in [1.29, 1.82) is 0 Å². The van der Waals surface area contributed by atoms with Crippen LogP contribution >= 0.6 is 11.6 Å². The van der Waals surface area contributed by atoms with Gasteiger partial charge in [0.2, 0.25) is 0 Å². The van der Waals surface area contributed by atoms with Gasteiger partial charge in [0, 0.05) is 30.7 Å². The molecule has 0 radical (unpaired) electrons. The number of ether oxygens (including phenoxy) is 1. The van der Waals surface area contributed by atoms with E-state index in [-0.39, 0.29) is 5.41 Å². The molecule has 0 amide bonds. The molecule has 0 aromatic heterocycles. The van der Waals surface area contributed by atoms with Crippen molar-refractivity contribution in [2.24, 2.45) is 5.41 Å². The highest BCUT2D eigenvalue weighted by atomic mass is 35.5. The monoisotopic (exact) mass is 331 g/mol. The van der Waals surface area contributed by atoms with Gasteiger partial charge in [-0.15, -0.1) is 0 Å². The number of halogens is 1. The molecule has 22 heavy (non-hydrogen) atoms. The fourth-order valence-electron chi connectivity index (χ4n) is 3.12. The zero-order valence-corrected chi connectivity index (χ0v) is 16.2. The van der Waals surface area contributed by atoms with Crippen molar-refractivity contribution in [2.45, 2.75) is 72.1 Å². The molecule has 1 heterocycles. The zero-order chi connectivity index (χ0) is 16.8. The minimum Gasteiger partial charge on any atom is -0.385 e. The summed E-state index contributed by atoms with van der Waals surface area (Å²) in [5, 5.41) is 0.821. The first kappa shape index (κ1) is 21.9. The van der Waals surface area contributed by atoms with Crippen LogP contribution in [0.3, 0.4) is 0 Å². The molecule has 1 aliphatic heterocycles. The van der Waals surface area contributed by atoms with E-state index in [1.807, 2.05) is 0 Å². The number of piperidine rings is 1. The Kier molecular flexibility index (Phi) is 13.4. The lowest BCUT2D eigenvalue weighted by Gasteiger charge is -2.27. The molecular weight excluding hydrogens is 294 g/mol. The third-order valence-electron chi connectivity index (χ3n) is 4.53. The maximum absolute atomic E-state index is 5.95. The van der Waals surface area contributed by atoms with Gasteiger partial charge >= 0.3 is 0 Å². The lowest BCUT2D eigenvalue weighted by Crippen LogP contribution is -2.31. The molecule has 0 unspecified atom stereocenters. The average molecular weight is 332 g/mol. The minimum atomic E-state index is 0.172. The van der Waals surface area contributed by atoms with Crippen LogP contribution in [0.25, 0.3) is 0 Å². The normalized spacial score (nSPS) is 16.0. The molecule has 132 valence electrons. The summed E-state index contributed by atoms with van der Waals surface area (Å²) in [6.45, 7) is 15.2. The van der Waals surface area contributed by atoms with E-state index in [9.17, 15) is 0 Å². The zero-order valence-electron chi connectivity index (χ0n) is 15.4. The maximum atomic E-state index is 5.95. The molecule has 0 atom stereocenters. The van der Waals surface area contributed by atoms with Crippen molar-refractivity contribution in [2.75, 3.05) is 33.4 Å². The summed E-state index contributed by atoms with van der Waals surface area (Å²) in [4.78, 5) is 2.54. The number of hydrogen-bond acceptors (Lipinski definition) is 2. The first-order valence-electron chi connectivity index (χ1n) is 9.06. The number of rotatable bonds is 9. The Morgan fingerprint density at radius 1 is 1.14 bits per heavy atom. The Hall–Kier alpha value is -0.0500. The van der Waals surface area contributed by atoms with Gasteiger partial charge in [0.15, 0.2) is 0 Å². The lowest BCUT2D eigenvalue weighted by molar-refractivity contribution is 0.162. The second-order valence-electron chi connectivity index (χ2n) is 6.71. The maximum Gasteiger partial charge on any atom is 0.0474 e. The highest BCUT2D eigenvalue weighted by Gasteiger charge is 2.24. The van der Waals surface area contributed by atoms with E-state index in [2.05, 4.69) is 32.3 Å². The molecule has 3 heteroatoms. The Balaban J connectivity index is 0.000000401. The van der Waals surface area contributed by atoms with Gasteiger partial charge in [0.05, 0.1) is 0 Å². The van der Waals surface area contributed by atoms with Crippen LogP contribution in [0.4, 0.5) is 0 Å². The minimum absolute atomic E-state index is 0.172. The molecule has 2 nitrogen and oxygen atoms in total. The van der Waals surface area contributed by atoms with Gasteiger partial charge in [-0.1, -0.05) is 58.2 Å². The van der Waals surface area contributed by atoms with E-state index in [4.69, 9.17) is 16.3 Å². The smallest absolute Gasteiger partial charge is 0.0474 e. The van der Waals surface area contributed by atoms with E-state index in [0.29, 0.717) is 0 Å². The average Bonchev–Trinajstić information content (AvgIpc) is 2.50. The second kappa shape index (κ2) is 13.4. The van der Waals surface area contributed by atoms with E-state index < -0.39 is 0 Å². The molecule has 0 bridgehead atoms. The lowest BCUT2D eigenvalue weighted by atomic mass is 9.81. The number of allylic oxidation sites excluding steroid dienone is 1. The summed E-state index contributed by atoms with van der Waals surface area (Å²) >= 11 is 5.95. The van der Waals surface area contributed by atoms with Gasteiger partial charge < -0.3 is 9.64 Å². The molecule has 0 saturated carbocycles. The van der Waals surface area contributed by atoms with E-state index in [1.54, 1.807) is 7.11 Å². The molecule has 1 aliphatic rings. The van der Waals surface area contributed by atoms with Crippen LogP contribution in [0, 0.1) is 5.41 Å². The Morgan fingerprint density at radius 2 is 1.68 bits per heavy atom. The Labute approximate surface area is 144 Å². The van der Waals surface area contributed by atoms with Gasteiger partial charge in [-0.25, -0.2) is 0 Å². The molecule has 0 N–H and O–H groups in total.